The standard InChI is InChI=1S/C14H19BrClN3/c15-11-8-12(16)13(18-9-11)19-7-6-17-10-14(19)4-2-1-3-5-14/h8-9,17H,1-7,10H2. The van der Waals surface area contributed by atoms with Gasteiger partial charge in [0.25, 0.3) is 0 Å². The fourth-order valence-corrected chi connectivity index (χ4v) is 4.17. The van der Waals surface area contributed by atoms with Crippen molar-refractivity contribution in [3.05, 3.63) is 21.8 Å². The maximum atomic E-state index is 6.41. The molecule has 1 aliphatic heterocycles. The molecule has 0 atom stereocenters. The Morgan fingerprint density at radius 1 is 1.32 bits per heavy atom. The molecule has 0 aromatic carbocycles. The zero-order valence-corrected chi connectivity index (χ0v) is 13.3. The van der Waals surface area contributed by atoms with Crippen LogP contribution >= 0.6 is 27.5 Å². The van der Waals surface area contributed by atoms with Crippen LogP contribution in [0, 0.1) is 0 Å². The molecule has 2 fully saturated rings. The number of nitrogens with one attached hydrogen (secondary N) is 1. The SMILES string of the molecule is Clc1cc(Br)cnc1N1CCNCC12CCCCC2. The highest BCUT2D eigenvalue weighted by Crippen LogP contribution is 2.39. The predicted molar refractivity (Wildman–Crippen MR) is 83.0 cm³/mol. The minimum absolute atomic E-state index is 0.223. The number of rotatable bonds is 1. The molecule has 0 amide bonds. The third kappa shape index (κ3) is 2.63. The van der Waals surface area contributed by atoms with E-state index < -0.39 is 0 Å². The van der Waals surface area contributed by atoms with E-state index in [0.29, 0.717) is 0 Å². The number of hydrogen-bond donors (Lipinski definition) is 1. The maximum absolute atomic E-state index is 6.41. The van der Waals surface area contributed by atoms with Crippen LogP contribution in [-0.4, -0.2) is 30.2 Å². The Bertz CT molecular complexity index is 452. The van der Waals surface area contributed by atoms with Crippen LogP contribution in [0.5, 0.6) is 0 Å². The summed E-state index contributed by atoms with van der Waals surface area (Å²) in [5, 5.41) is 4.31. The number of hydrogen-bond acceptors (Lipinski definition) is 3. The van der Waals surface area contributed by atoms with Crippen molar-refractivity contribution < 1.29 is 0 Å². The van der Waals surface area contributed by atoms with Crippen molar-refractivity contribution in [3.8, 4) is 0 Å². The Labute approximate surface area is 127 Å². The first kappa shape index (κ1) is 13.7. The molecule has 1 saturated heterocycles. The van der Waals surface area contributed by atoms with Gasteiger partial charge in [-0.15, -0.1) is 0 Å². The average Bonchev–Trinajstić information content (AvgIpc) is 2.41. The van der Waals surface area contributed by atoms with Crippen molar-refractivity contribution in [2.45, 2.75) is 37.6 Å². The molecule has 0 radical (unpaired) electrons. The fraction of sp³-hybridized carbons (Fsp3) is 0.643. The Hall–Kier alpha value is -0.320. The van der Waals surface area contributed by atoms with E-state index in [-0.39, 0.29) is 5.54 Å². The van der Waals surface area contributed by atoms with Crippen LogP contribution in [0.1, 0.15) is 32.1 Å². The molecular formula is C14H19BrClN3. The van der Waals surface area contributed by atoms with E-state index in [1.165, 1.54) is 32.1 Å². The second-order valence-electron chi connectivity index (χ2n) is 5.57. The summed E-state index contributed by atoms with van der Waals surface area (Å²) in [6.45, 7) is 3.06. The molecule has 1 spiro atoms. The number of piperazine rings is 1. The van der Waals surface area contributed by atoms with Crippen LogP contribution in [0.4, 0.5) is 5.82 Å². The molecule has 0 bridgehead atoms. The molecule has 1 aromatic heterocycles. The first-order valence-corrected chi connectivity index (χ1v) is 8.18. The molecular weight excluding hydrogens is 326 g/mol. The summed E-state index contributed by atoms with van der Waals surface area (Å²) in [5.41, 5.74) is 0.223. The maximum Gasteiger partial charge on any atom is 0.147 e. The van der Waals surface area contributed by atoms with Crippen LogP contribution < -0.4 is 10.2 Å². The molecule has 3 rings (SSSR count). The Balaban J connectivity index is 1.95. The van der Waals surface area contributed by atoms with Gasteiger partial charge in [-0.05, 0) is 34.8 Å². The molecule has 0 unspecified atom stereocenters. The van der Waals surface area contributed by atoms with Gasteiger partial charge in [0, 0.05) is 30.3 Å². The third-order valence-corrected chi connectivity index (χ3v) is 5.08. The summed E-state index contributed by atoms with van der Waals surface area (Å²) in [6, 6.07) is 1.95. The summed E-state index contributed by atoms with van der Waals surface area (Å²) >= 11 is 9.84. The van der Waals surface area contributed by atoms with E-state index in [0.717, 1.165) is 34.9 Å². The number of aromatic nitrogens is 1. The topological polar surface area (TPSA) is 28.2 Å². The van der Waals surface area contributed by atoms with Gasteiger partial charge in [0.2, 0.25) is 0 Å². The molecule has 1 aliphatic carbocycles. The molecule has 104 valence electrons. The van der Waals surface area contributed by atoms with Crippen molar-refractivity contribution in [2.75, 3.05) is 24.5 Å². The van der Waals surface area contributed by atoms with Crippen molar-refractivity contribution >= 4 is 33.3 Å². The van der Waals surface area contributed by atoms with Crippen molar-refractivity contribution in [1.29, 1.82) is 0 Å². The monoisotopic (exact) mass is 343 g/mol. The highest BCUT2D eigenvalue weighted by molar-refractivity contribution is 9.10. The third-order valence-electron chi connectivity index (χ3n) is 4.37. The summed E-state index contributed by atoms with van der Waals surface area (Å²) in [6.07, 6.45) is 8.32. The molecule has 2 aliphatic rings. The van der Waals surface area contributed by atoms with Crippen LogP contribution in [0.15, 0.2) is 16.7 Å². The van der Waals surface area contributed by atoms with Crippen LogP contribution in [0.25, 0.3) is 0 Å². The van der Waals surface area contributed by atoms with Crippen molar-refractivity contribution in [1.82, 2.24) is 10.3 Å². The number of halogens is 2. The molecule has 2 heterocycles. The predicted octanol–water partition coefficient (Wildman–Crippen LogP) is 3.61. The molecule has 5 heteroatoms. The second kappa shape index (κ2) is 5.58. The molecule has 1 N–H and O–H groups in total. The van der Waals surface area contributed by atoms with Gasteiger partial charge in [0.15, 0.2) is 0 Å². The zero-order chi connectivity index (χ0) is 13.3. The first-order chi connectivity index (χ1) is 9.21. The minimum atomic E-state index is 0.223. The summed E-state index contributed by atoms with van der Waals surface area (Å²) < 4.78 is 0.939. The van der Waals surface area contributed by atoms with E-state index in [9.17, 15) is 0 Å². The van der Waals surface area contributed by atoms with Gasteiger partial charge in [0.1, 0.15) is 5.82 Å². The van der Waals surface area contributed by atoms with Crippen LogP contribution in [-0.2, 0) is 0 Å². The highest BCUT2D eigenvalue weighted by atomic mass is 79.9. The average molecular weight is 345 g/mol. The van der Waals surface area contributed by atoms with E-state index in [1.807, 2.05) is 12.3 Å². The van der Waals surface area contributed by atoms with E-state index in [4.69, 9.17) is 11.6 Å². The van der Waals surface area contributed by atoms with Gasteiger partial charge >= 0.3 is 0 Å². The first-order valence-electron chi connectivity index (χ1n) is 7.01. The minimum Gasteiger partial charge on any atom is -0.347 e. The van der Waals surface area contributed by atoms with Crippen LogP contribution in [0.2, 0.25) is 5.02 Å². The fourth-order valence-electron chi connectivity index (χ4n) is 3.44. The summed E-state index contributed by atoms with van der Waals surface area (Å²) in [7, 11) is 0. The Morgan fingerprint density at radius 3 is 2.84 bits per heavy atom. The van der Waals surface area contributed by atoms with Gasteiger partial charge in [-0.25, -0.2) is 4.98 Å². The lowest BCUT2D eigenvalue weighted by atomic mass is 9.79. The van der Waals surface area contributed by atoms with Gasteiger partial charge in [-0.1, -0.05) is 30.9 Å². The molecule has 1 saturated carbocycles. The van der Waals surface area contributed by atoms with E-state index >= 15 is 0 Å². The highest BCUT2D eigenvalue weighted by Gasteiger charge is 2.41. The summed E-state index contributed by atoms with van der Waals surface area (Å²) in [4.78, 5) is 7.03. The zero-order valence-electron chi connectivity index (χ0n) is 11.0. The second-order valence-corrected chi connectivity index (χ2v) is 6.90. The quantitative estimate of drug-likeness (QED) is 0.843. The molecule has 1 aromatic rings. The largest absolute Gasteiger partial charge is 0.347 e. The van der Waals surface area contributed by atoms with Gasteiger partial charge in [-0.2, -0.15) is 0 Å². The normalized spacial score (nSPS) is 22.7. The number of anilines is 1. The molecule has 3 nitrogen and oxygen atoms in total. The lowest BCUT2D eigenvalue weighted by Crippen LogP contribution is -2.62. The lowest BCUT2D eigenvalue weighted by Gasteiger charge is -2.50. The summed E-state index contributed by atoms with van der Waals surface area (Å²) in [5.74, 6) is 0.952. The van der Waals surface area contributed by atoms with Gasteiger partial charge in [0.05, 0.1) is 10.6 Å². The van der Waals surface area contributed by atoms with Gasteiger partial charge < -0.3 is 10.2 Å². The Kier molecular flexibility index (Phi) is 4.01. The molecule has 19 heavy (non-hydrogen) atoms. The van der Waals surface area contributed by atoms with E-state index in [2.05, 4.69) is 31.1 Å². The van der Waals surface area contributed by atoms with Crippen LogP contribution in [0.3, 0.4) is 0 Å². The lowest BCUT2D eigenvalue weighted by molar-refractivity contribution is 0.240. The van der Waals surface area contributed by atoms with Crippen molar-refractivity contribution in [3.63, 3.8) is 0 Å². The van der Waals surface area contributed by atoms with E-state index in [1.54, 1.807) is 0 Å². The smallest absolute Gasteiger partial charge is 0.147 e. The van der Waals surface area contributed by atoms with Gasteiger partial charge in [-0.3, -0.25) is 0 Å². The Morgan fingerprint density at radius 2 is 2.11 bits per heavy atom. The number of nitrogens with zero attached hydrogens (tertiary/aromatic N) is 2. The number of pyridine rings is 1. The van der Waals surface area contributed by atoms with Crippen molar-refractivity contribution in [2.24, 2.45) is 0 Å².